The predicted octanol–water partition coefficient (Wildman–Crippen LogP) is 2.10. The predicted molar refractivity (Wildman–Crippen MR) is 104 cm³/mol. The van der Waals surface area contributed by atoms with E-state index in [2.05, 4.69) is 35.3 Å². The van der Waals surface area contributed by atoms with E-state index in [9.17, 15) is 9.90 Å². The van der Waals surface area contributed by atoms with Crippen molar-refractivity contribution in [1.29, 1.82) is 0 Å². The van der Waals surface area contributed by atoms with E-state index < -0.39 is 16.9 Å². The number of rotatable bonds is 1. The molecule has 1 aromatic rings. The van der Waals surface area contributed by atoms with Crippen molar-refractivity contribution in [2.24, 2.45) is 11.3 Å². The number of para-hydroxylation sites is 1. The Morgan fingerprint density at radius 3 is 2.93 bits per heavy atom. The summed E-state index contributed by atoms with van der Waals surface area (Å²) in [6.07, 6.45) is 3.15. The van der Waals surface area contributed by atoms with Gasteiger partial charge in [-0.15, -0.1) is 12.4 Å². The highest BCUT2D eigenvalue weighted by Crippen LogP contribution is 2.71. The molecule has 0 aromatic heterocycles. The lowest BCUT2D eigenvalue weighted by molar-refractivity contribution is -0.179. The number of methoxy groups -OCH3 is 1. The molecule has 144 valence electrons. The lowest BCUT2D eigenvalue weighted by Crippen LogP contribution is -2.71. The van der Waals surface area contributed by atoms with Crippen LogP contribution in [-0.2, 0) is 14.9 Å². The normalized spacial score (nSPS) is 48.6. The number of carbonyl (C=O) groups excluding carboxylic acids is 1. The van der Waals surface area contributed by atoms with Crippen molar-refractivity contribution in [3.05, 3.63) is 41.5 Å². The third-order valence-corrected chi connectivity index (χ3v) is 8.30. The molecule has 5 aliphatic heterocycles. The minimum absolute atomic E-state index is 0. The number of benzene rings is 1. The van der Waals surface area contributed by atoms with Gasteiger partial charge in [0.15, 0.2) is 0 Å². The smallest absolute Gasteiger partial charge is 0.316 e. The Morgan fingerprint density at radius 1 is 1.41 bits per heavy atom. The number of ether oxygens (including phenoxy) is 1. The number of piperidine rings is 4. The zero-order chi connectivity index (χ0) is 17.8. The Balaban J connectivity index is 0.00000160. The van der Waals surface area contributed by atoms with Crippen molar-refractivity contribution in [2.75, 3.05) is 19.0 Å². The highest BCUT2D eigenvalue weighted by Gasteiger charge is 2.82. The van der Waals surface area contributed by atoms with E-state index in [4.69, 9.17) is 4.74 Å². The second-order valence-electron chi connectivity index (χ2n) is 8.65. The molecule has 2 N–H and O–H groups in total. The zero-order valence-corrected chi connectivity index (χ0v) is 16.3. The minimum Gasteiger partial charge on any atom is -0.468 e. The summed E-state index contributed by atoms with van der Waals surface area (Å²) >= 11 is 0. The first-order chi connectivity index (χ1) is 12.6. The second kappa shape index (κ2) is 5.28. The largest absolute Gasteiger partial charge is 0.468 e. The van der Waals surface area contributed by atoms with Crippen LogP contribution in [0.15, 0.2) is 35.9 Å². The number of esters is 1. The summed E-state index contributed by atoms with van der Waals surface area (Å²) < 4.78 is 5.34. The topological polar surface area (TPSA) is 61.8 Å². The summed E-state index contributed by atoms with van der Waals surface area (Å²) in [4.78, 5) is 15.7. The number of nitrogens with zero attached hydrogens (tertiary/aromatic N) is 1. The number of nitrogens with one attached hydrogen (secondary N) is 1. The van der Waals surface area contributed by atoms with E-state index >= 15 is 0 Å². The van der Waals surface area contributed by atoms with Gasteiger partial charge in [-0.25, -0.2) is 0 Å². The van der Waals surface area contributed by atoms with Crippen molar-refractivity contribution in [2.45, 2.75) is 49.4 Å². The summed E-state index contributed by atoms with van der Waals surface area (Å²) in [5.74, 6) is -0.154. The number of anilines is 1. The molecule has 7 rings (SSSR count). The summed E-state index contributed by atoms with van der Waals surface area (Å²) in [7, 11) is 1.46. The quantitative estimate of drug-likeness (QED) is 0.570. The van der Waals surface area contributed by atoms with Gasteiger partial charge in [0.1, 0.15) is 5.41 Å². The Labute approximate surface area is 165 Å². The number of hydrogen-bond donors (Lipinski definition) is 2. The molecule has 27 heavy (non-hydrogen) atoms. The van der Waals surface area contributed by atoms with E-state index in [0.717, 1.165) is 25.1 Å². The maximum atomic E-state index is 13.2. The number of allylic oxidation sites excluding steroid dienone is 1. The molecule has 1 spiro atoms. The second-order valence-corrected chi connectivity index (χ2v) is 8.65. The van der Waals surface area contributed by atoms with Gasteiger partial charge in [-0.2, -0.15) is 0 Å². The van der Waals surface area contributed by atoms with Crippen LogP contribution in [0, 0.1) is 11.3 Å². The van der Waals surface area contributed by atoms with Gasteiger partial charge in [0.25, 0.3) is 0 Å². The van der Waals surface area contributed by atoms with Gasteiger partial charge in [-0.3, -0.25) is 9.69 Å². The molecular weight excluding hydrogens is 364 g/mol. The lowest BCUT2D eigenvalue weighted by Gasteiger charge is -2.60. The Bertz CT molecular complexity index is 873. The monoisotopic (exact) mass is 388 g/mol. The van der Waals surface area contributed by atoms with Crippen LogP contribution in [0.25, 0.3) is 0 Å². The van der Waals surface area contributed by atoms with Crippen molar-refractivity contribution in [1.82, 2.24) is 4.90 Å². The van der Waals surface area contributed by atoms with E-state index in [1.165, 1.54) is 18.2 Å². The van der Waals surface area contributed by atoms with E-state index in [1.807, 2.05) is 12.1 Å². The maximum absolute atomic E-state index is 13.2. The first-order valence-corrected chi connectivity index (χ1v) is 9.64. The Kier molecular flexibility index (Phi) is 3.43. The molecular formula is C21H25ClN2O3. The molecule has 6 aliphatic rings. The molecule has 6 heteroatoms. The number of fused-ring (bicyclic) bond motifs is 2. The molecule has 3 unspecified atom stereocenters. The van der Waals surface area contributed by atoms with Crippen LogP contribution in [0.2, 0.25) is 0 Å². The minimum atomic E-state index is -0.848. The average Bonchev–Trinajstić information content (AvgIpc) is 3.13. The maximum Gasteiger partial charge on any atom is 0.316 e. The molecule has 5 fully saturated rings. The molecule has 5 nitrogen and oxygen atoms in total. The van der Waals surface area contributed by atoms with Gasteiger partial charge in [-0.1, -0.05) is 29.8 Å². The van der Waals surface area contributed by atoms with Gasteiger partial charge >= 0.3 is 5.97 Å². The van der Waals surface area contributed by atoms with Crippen molar-refractivity contribution < 1.29 is 14.6 Å². The van der Waals surface area contributed by atoms with Crippen LogP contribution in [0.1, 0.15) is 25.3 Å². The molecule has 1 saturated carbocycles. The standard InChI is InChI=1S/C21H24N2O3.ClH/c1-3-11-10-23-15-8-13(11)21(19(25)26-2)16(23)9-20(18(21)24)12-6-4-5-7-14(12)22-17(15)20;/h3-7,13,15-18,22,24H,8-10H2,1-2H3;1H/b11-3-;/t13-,15+,16+,17-,18?,20-,21?;/m1./s1. The number of aliphatic hydroxyl groups excluding tert-OH is 1. The van der Waals surface area contributed by atoms with Gasteiger partial charge in [0, 0.05) is 35.6 Å². The van der Waals surface area contributed by atoms with Crippen LogP contribution in [0.3, 0.4) is 0 Å². The summed E-state index contributed by atoms with van der Waals surface area (Å²) in [5, 5.41) is 15.6. The van der Waals surface area contributed by atoms with Crippen LogP contribution in [0.5, 0.6) is 0 Å². The van der Waals surface area contributed by atoms with E-state index in [1.54, 1.807) is 0 Å². The SMILES string of the molecule is C/C=C1/CN2[C@H]3C[C@@]45c6ccccc6N[C@@H]4[C@@H]2C[C@H]1C3(C(=O)OC)C5O.Cl. The highest BCUT2D eigenvalue weighted by molar-refractivity contribution is 5.85. The van der Waals surface area contributed by atoms with Gasteiger partial charge in [-0.05, 0) is 31.4 Å². The van der Waals surface area contributed by atoms with Gasteiger partial charge in [0.2, 0.25) is 0 Å². The van der Waals surface area contributed by atoms with Crippen LogP contribution in [0.4, 0.5) is 5.69 Å². The third kappa shape index (κ3) is 1.57. The number of carbonyl (C=O) groups is 1. The average molecular weight is 389 g/mol. The number of hydrogen-bond acceptors (Lipinski definition) is 5. The molecule has 5 heterocycles. The summed E-state index contributed by atoms with van der Waals surface area (Å²) in [6, 6.07) is 8.89. The fourth-order valence-electron chi connectivity index (χ4n) is 7.49. The van der Waals surface area contributed by atoms with Gasteiger partial charge < -0.3 is 15.2 Å². The molecule has 5 bridgehead atoms. The lowest BCUT2D eigenvalue weighted by atomic mass is 9.58. The van der Waals surface area contributed by atoms with Crippen molar-refractivity contribution >= 4 is 24.1 Å². The van der Waals surface area contributed by atoms with Crippen LogP contribution >= 0.6 is 12.4 Å². The molecule has 8 atom stereocenters. The fourth-order valence-corrected chi connectivity index (χ4v) is 7.49. The Hall–Kier alpha value is -1.56. The van der Waals surface area contributed by atoms with E-state index in [0.29, 0.717) is 6.04 Å². The van der Waals surface area contributed by atoms with Gasteiger partial charge in [0.05, 0.1) is 19.3 Å². The van der Waals surface area contributed by atoms with Crippen molar-refractivity contribution in [3.63, 3.8) is 0 Å². The highest BCUT2D eigenvalue weighted by atomic mass is 35.5. The van der Waals surface area contributed by atoms with E-state index in [-0.39, 0.29) is 36.4 Å². The van der Waals surface area contributed by atoms with Crippen molar-refractivity contribution in [3.8, 4) is 0 Å². The molecule has 4 saturated heterocycles. The molecule has 1 aliphatic carbocycles. The first-order valence-electron chi connectivity index (χ1n) is 9.64. The Morgan fingerprint density at radius 2 is 2.19 bits per heavy atom. The molecule has 0 radical (unpaired) electrons. The number of aliphatic hydroxyl groups is 1. The fraction of sp³-hybridized carbons (Fsp3) is 0.571. The third-order valence-electron chi connectivity index (χ3n) is 8.30. The first kappa shape index (κ1) is 17.5. The van der Waals surface area contributed by atoms with Crippen LogP contribution < -0.4 is 5.32 Å². The summed E-state index contributed by atoms with van der Waals surface area (Å²) in [6.45, 7) is 2.96. The summed E-state index contributed by atoms with van der Waals surface area (Å²) in [5.41, 5.74) is 2.34. The van der Waals surface area contributed by atoms with Crippen LogP contribution in [-0.4, -0.2) is 53.9 Å². The molecule has 1 aromatic carbocycles. The number of halogens is 1. The zero-order valence-electron chi connectivity index (χ0n) is 15.5. The molecule has 0 amide bonds.